The molecule has 2 fully saturated rings. The number of hydrogen-bond donors (Lipinski definition) is 2. The van der Waals surface area contributed by atoms with Crippen molar-refractivity contribution in [3.63, 3.8) is 0 Å². The van der Waals surface area contributed by atoms with Crippen molar-refractivity contribution in [3.05, 3.63) is 30.1 Å². The molecule has 146 valence electrons. The van der Waals surface area contributed by atoms with Crippen LogP contribution in [-0.2, 0) is 11.3 Å². The normalized spacial score (nSPS) is 20.8. The van der Waals surface area contributed by atoms with Crippen molar-refractivity contribution < 1.29 is 4.74 Å². The van der Waals surface area contributed by atoms with Crippen LogP contribution in [0.2, 0.25) is 0 Å². The first kappa shape index (κ1) is 21.4. The fourth-order valence-corrected chi connectivity index (χ4v) is 3.28. The molecule has 26 heavy (non-hydrogen) atoms. The van der Waals surface area contributed by atoms with Gasteiger partial charge in [-0.15, -0.1) is 24.0 Å². The molecule has 3 heterocycles. The van der Waals surface area contributed by atoms with Gasteiger partial charge in [-0.3, -0.25) is 14.9 Å². The number of likely N-dealkylation sites (tertiary alicyclic amines) is 1. The summed E-state index contributed by atoms with van der Waals surface area (Å²) in [5.41, 5.74) is 1.37. The molecule has 0 radical (unpaired) electrons. The number of piperidine rings is 1. The molecule has 0 atom stereocenters. The summed E-state index contributed by atoms with van der Waals surface area (Å²) in [6.07, 6.45) is 4.14. The van der Waals surface area contributed by atoms with Crippen LogP contribution in [0.25, 0.3) is 0 Å². The third-order valence-electron chi connectivity index (χ3n) is 4.90. The molecular weight excluding hydrogens is 441 g/mol. The van der Waals surface area contributed by atoms with Gasteiger partial charge in [0.15, 0.2) is 5.96 Å². The molecule has 1 aromatic heterocycles. The number of halogens is 1. The molecule has 1 aromatic rings. The first-order chi connectivity index (χ1) is 12.2. The topological polar surface area (TPSA) is 61.8 Å². The minimum Gasteiger partial charge on any atom is -0.380 e. The van der Waals surface area contributed by atoms with Crippen LogP contribution in [0.15, 0.2) is 29.4 Å². The van der Waals surface area contributed by atoms with Gasteiger partial charge >= 0.3 is 0 Å². The van der Waals surface area contributed by atoms with Gasteiger partial charge in [0.2, 0.25) is 0 Å². The minimum atomic E-state index is 0. The summed E-state index contributed by atoms with van der Waals surface area (Å²) in [5.74, 6) is 0.943. The highest BCUT2D eigenvalue weighted by atomic mass is 127. The average Bonchev–Trinajstić information content (AvgIpc) is 2.61. The second kappa shape index (κ2) is 10.4. The van der Waals surface area contributed by atoms with Gasteiger partial charge in [0, 0.05) is 43.8 Å². The zero-order chi connectivity index (χ0) is 17.5. The van der Waals surface area contributed by atoms with Crippen LogP contribution in [0.1, 0.15) is 32.4 Å². The summed E-state index contributed by atoms with van der Waals surface area (Å²) < 4.78 is 5.32. The fourth-order valence-electron chi connectivity index (χ4n) is 3.28. The Morgan fingerprint density at radius 1 is 1.35 bits per heavy atom. The van der Waals surface area contributed by atoms with Gasteiger partial charge < -0.3 is 15.4 Å². The van der Waals surface area contributed by atoms with Crippen molar-refractivity contribution in [2.75, 3.05) is 39.4 Å². The summed E-state index contributed by atoms with van der Waals surface area (Å²) in [5, 5.41) is 6.99. The quantitative estimate of drug-likeness (QED) is 0.377. The van der Waals surface area contributed by atoms with E-state index >= 15 is 0 Å². The average molecular weight is 473 g/mol. The Morgan fingerprint density at radius 2 is 2.12 bits per heavy atom. The molecule has 0 aromatic carbocycles. The maximum absolute atomic E-state index is 5.32. The Bertz CT molecular complexity index is 556. The number of aromatic nitrogens is 1. The number of aliphatic imine (C=N–C) groups is 1. The van der Waals surface area contributed by atoms with Gasteiger partial charge in [0.1, 0.15) is 0 Å². The second-order valence-corrected chi connectivity index (χ2v) is 7.51. The zero-order valence-corrected chi connectivity index (χ0v) is 18.2. The number of ether oxygens (including phenoxy) is 1. The summed E-state index contributed by atoms with van der Waals surface area (Å²) in [6, 6.07) is 6.62. The SMILES string of the molecule is CCNC(=NCC1(C)COC1)NC1CCN(Cc2ccccn2)CC1.I. The second-order valence-electron chi connectivity index (χ2n) is 7.51. The van der Waals surface area contributed by atoms with Crippen molar-refractivity contribution in [3.8, 4) is 0 Å². The van der Waals surface area contributed by atoms with E-state index in [0.717, 1.165) is 70.4 Å². The summed E-state index contributed by atoms with van der Waals surface area (Å²) in [6.45, 7) is 10.8. The van der Waals surface area contributed by atoms with E-state index in [-0.39, 0.29) is 29.4 Å². The number of nitrogens with one attached hydrogen (secondary N) is 2. The standard InChI is InChI=1S/C19H31N5O.HI/c1-3-20-18(22-13-19(2)14-25-15-19)23-16-7-10-24(11-8-16)12-17-6-4-5-9-21-17;/h4-6,9,16H,3,7-8,10-15H2,1-2H3,(H2,20,22,23);1H. The Hall–Kier alpha value is -0.930. The molecular formula is C19H32IN5O. The molecule has 2 saturated heterocycles. The summed E-state index contributed by atoms with van der Waals surface area (Å²) in [4.78, 5) is 11.7. The highest BCUT2D eigenvalue weighted by Crippen LogP contribution is 2.26. The largest absolute Gasteiger partial charge is 0.380 e. The molecule has 2 aliphatic heterocycles. The zero-order valence-electron chi connectivity index (χ0n) is 15.9. The van der Waals surface area contributed by atoms with Crippen molar-refractivity contribution in [1.29, 1.82) is 0 Å². The van der Waals surface area contributed by atoms with Crippen LogP contribution in [0.3, 0.4) is 0 Å². The lowest BCUT2D eigenvalue weighted by molar-refractivity contribution is -0.0945. The van der Waals surface area contributed by atoms with Crippen LogP contribution in [0.4, 0.5) is 0 Å². The van der Waals surface area contributed by atoms with Gasteiger partial charge in [0.05, 0.1) is 25.5 Å². The van der Waals surface area contributed by atoms with E-state index in [4.69, 9.17) is 9.73 Å². The molecule has 2 aliphatic rings. The predicted molar refractivity (Wildman–Crippen MR) is 116 cm³/mol. The molecule has 3 rings (SSSR count). The van der Waals surface area contributed by atoms with E-state index in [9.17, 15) is 0 Å². The first-order valence-corrected chi connectivity index (χ1v) is 9.42. The van der Waals surface area contributed by atoms with E-state index in [1.54, 1.807) is 0 Å². The number of nitrogens with zero attached hydrogens (tertiary/aromatic N) is 3. The molecule has 6 nitrogen and oxygen atoms in total. The number of pyridine rings is 1. The van der Waals surface area contributed by atoms with E-state index < -0.39 is 0 Å². The molecule has 0 bridgehead atoms. The van der Waals surface area contributed by atoms with Crippen LogP contribution in [-0.4, -0.2) is 61.3 Å². The van der Waals surface area contributed by atoms with E-state index in [1.165, 1.54) is 0 Å². The van der Waals surface area contributed by atoms with Gasteiger partial charge in [0.25, 0.3) is 0 Å². The van der Waals surface area contributed by atoms with E-state index in [2.05, 4.69) is 46.5 Å². The van der Waals surface area contributed by atoms with Crippen LogP contribution >= 0.6 is 24.0 Å². The predicted octanol–water partition coefficient (Wildman–Crippen LogP) is 2.26. The lowest BCUT2D eigenvalue weighted by Crippen LogP contribution is -2.49. The van der Waals surface area contributed by atoms with Crippen LogP contribution in [0, 0.1) is 5.41 Å². The Kier molecular flexibility index (Phi) is 8.56. The van der Waals surface area contributed by atoms with Crippen molar-refractivity contribution in [2.24, 2.45) is 10.4 Å². The molecule has 2 N–H and O–H groups in total. The third kappa shape index (κ3) is 6.35. The molecule has 0 spiro atoms. The maximum atomic E-state index is 5.32. The highest BCUT2D eigenvalue weighted by Gasteiger charge is 2.33. The monoisotopic (exact) mass is 473 g/mol. The Labute approximate surface area is 174 Å². The lowest BCUT2D eigenvalue weighted by atomic mass is 9.89. The van der Waals surface area contributed by atoms with Gasteiger partial charge in [-0.2, -0.15) is 0 Å². The molecule has 0 saturated carbocycles. The number of hydrogen-bond acceptors (Lipinski definition) is 4. The molecule has 0 aliphatic carbocycles. The van der Waals surface area contributed by atoms with Gasteiger partial charge in [-0.25, -0.2) is 0 Å². The smallest absolute Gasteiger partial charge is 0.191 e. The van der Waals surface area contributed by atoms with E-state index in [1.807, 2.05) is 12.3 Å². The molecule has 0 unspecified atom stereocenters. The molecule has 0 amide bonds. The third-order valence-corrected chi connectivity index (χ3v) is 4.90. The highest BCUT2D eigenvalue weighted by molar-refractivity contribution is 14.0. The van der Waals surface area contributed by atoms with Crippen LogP contribution in [0.5, 0.6) is 0 Å². The Balaban J connectivity index is 0.00000243. The summed E-state index contributed by atoms with van der Waals surface area (Å²) >= 11 is 0. The first-order valence-electron chi connectivity index (χ1n) is 9.42. The van der Waals surface area contributed by atoms with Crippen LogP contribution < -0.4 is 10.6 Å². The van der Waals surface area contributed by atoms with E-state index in [0.29, 0.717) is 6.04 Å². The maximum Gasteiger partial charge on any atom is 0.191 e. The van der Waals surface area contributed by atoms with Crippen molar-refractivity contribution >= 4 is 29.9 Å². The minimum absolute atomic E-state index is 0. The van der Waals surface area contributed by atoms with Gasteiger partial charge in [-0.1, -0.05) is 13.0 Å². The fraction of sp³-hybridized carbons (Fsp3) is 0.684. The number of rotatable bonds is 6. The van der Waals surface area contributed by atoms with Crippen molar-refractivity contribution in [1.82, 2.24) is 20.5 Å². The van der Waals surface area contributed by atoms with Gasteiger partial charge in [-0.05, 0) is 31.9 Å². The Morgan fingerprint density at radius 3 is 2.69 bits per heavy atom. The number of guanidine groups is 1. The molecule has 7 heteroatoms. The lowest BCUT2D eigenvalue weighted by Gasteiger charge is -2.37. The summed E-state index contributed by atoms with van der Waals surface area (Å²) in [7, 11) is 0. The van der Waals surface area contributed by atoms with Crippen molar-refractivity contribution in [2.45, 2.75) is 39.3 Å².